The van der Waals surface area contributed by atoms with Gasteiger partial charge >= 0.3 is 0 Å². The van der Waals surface area contributed by atoms with E-state index in [1.54, 1.807) is 6.92 Å². The van der Waals surface area contributed by atoms with Crippen molar-refractivity contribution in [2.24, 2.45) is 5.41 Å². The second-order valence-electron chi connectivity index (χ2n) is 3.98. The second kappa shape index (κ2) is 4.08. The predicted molar refractivity (Wildman–Crippen MR) is 67.3 cm³/mol. The predicted octanol–water partition coefficient (Wildman–Crippen LogP) is 0.807. The minimum atomic E-state index is -1.01. The lowest BCUT2D eigenvalue weighted by Gasteiger charge is -2.14. The summed E-state index contributed by atoms with van der Waals surface area (Å²) in [6, 6.07) is 0. The molecule has 1 saturated carbocycles. The van der Waals surface area contributed by atoms with Gasteiger partial charge in [-0.3, -0.25) is 10.2 Å². The Bertz CT molecular complexity index is 462. The van der Waals surface area contributed by atoms with Gasteiger partial charge in [-0.1, -0.05) is 0 Å². The van der Waals surface area contributed by atoms with E-state index in [0.29, 0.717) is 6.42 Å². The van der Waals surface area contributed by atoms with E-state index >= 15 is 0 Å². The maximum Gasteiger partial charge on any atom is 0.235 e. The highest BCUT2D eigenvalue weighted by molar-refractivity contribution is 7.80. The molecule has 2 rings (SSSR count). The fourth-order valence-electron chi connectivity index (χ4n) is 1.29. The van der Waals surface area contributed by atoms with Crippen molar-refractivity contribution in [3.63, 3.8) is 0 Å². The van der Waals surface area contributed by atoms with Crippen molar-refractivity contribution in [3.05, 3.63) is 12.7 Å². The van der Waals surface area contributed by atoms with Crippen molar-refractivity contribution >= 4 is 46.4 Å². The number of amides is 1. The fraction of sp³-hybridized carbons (Fsp3) is 0.500. The first-order valence-corrected chi connectivity index (χ1v) is 5.86. The number of nitrogens with one attached hydrogen (secondary N) is 2. The smallest absolute Gasteiger partial charge is 0.235 e. The Morgan fingerprint density at radius 1 is 1.47 bits per heavy atom. The molecule has 0 aromatic carbocycles. The van der Waals surface area contributed by atoms with Crippen LogP contribution in [0.4, 0.5) is 0 Å². The Hall–Kier alpha value is -0.920. The summed E-state index contributed by atoms with van der Waals surface area (Å²) in [7, 11) is 0. The van der Waals surface area contributed by atoms with Crippen LogP contribution in [0, 0.1) is 5.41 Å². The normalized spacial score (nSPS) is 25.1. The lowest BCUT2D eigenvalue weighted by molar-refractivity contribution is -0.124. The third kappa shape index (κ3) is 2.36. The molecule has 0 spiro atoms. The molecule has 2 N–H and O–H groups in total. The Balaban J connectivity index is 1.90. The summed E-state index contributed by atoms with van der Waals surface area (Å²) in [6.45, 7) is 1.68. The van der Waals surface area contributed by atoms with E-state index < -0.39 is 9.75 Å². The second-order valence-corrected chi connectivity index (χ2v) is 5.87. The number of aromatic nitrogens is 3. The van der Waals surface area contributed by atoms with Gasteiger partial charge in [0.2, 0.25) is 5.91 Å². The zero-order valence-electron chi connectivity index (χ0n) is 8.78. The van der Waals surface area contributed by atoms with Gasteiger partial charge in [0, 0.05) is 0 Å². The molecule has 92 valence electrons. The summed E-state index contributed by atoms with van der Waals surface area (Å²) in [6.07, 6.45) is 3.22. The third-order valence-electron chi connectivity index (χ3n) is 2.64. The van der Waals surface area contributed by atoms with Crippen LogP contribution in [-0.4, -0.2) is 30.2 Å². The van der Waals surface area contributed by atoms with Gasteiger partial charge in [0.05, 0.1) is 5.41 Å². The van der Waals surface area contributed by atoms with Crippen LogP contribution in [0.25, 0.3) is 0 Å². The Morgan fingerprint density at radius 2 is 2.00 bits per heavy atom. The maximum atomic E-state index is 11.8. The van der Waals surface area contributed by atoms with Crippen LogP contribution in [0.3, 0.4) is 0 Å². The molecule has 0 bridgehead atoms. The van der Waals surface area contributed by atoms with Gasteiger partial charge in [-0.15, -0.1) is 33.4 Å². The molecule has 17 heavy (non-hydrogen) atoms. The summed E-state index contributed by atoms with van der Waals surface area (Å²) < 4.78 is 0.399. The van der Waals surface area contributed by atoms with E-state index in [9.17, 15) is 4.79 Å². The van der Waals surface area contributed by atoms with Crippen molar-refractivity contribution < 1.29 is 4.79 Å². The summed E-state index contributed by atoms with van der Waals surface area (Å²) in [5, 5.41) is 9.79. The van der Waals surface area contributed by atoms with Crippen LogP contribution < -0.4 is 10.7 Å². The first-order valence-electron chi connectivity index (χ1n) is 4.70. The molecule has 0 unspecified atom stereocenters. The number of rotatable bonds is 2. The Labute approximate surface area is 113 Å². The molecular weight excluding hydrogens is 285 g/mol. The molecule has 1 aromatic rings. The molecule has 0 saturated heterocycles. The maximum absolute atomic E-state index is 11.8. The van der Waals surface area contributed by atoms with E-state index in [4.69, 9.17) is 35.4 Å². The van der Waals surface area contributed by atoms with Crippen molar-refractivity contribution in [1.82, 2.24) is 20.2 Å². The zero-order valence-corrected chi connectivity index (χ0v) is 11.1. The van der Waals surface area contributed by atoms with Crippen LogP contribution in [-0.2, 0) is 4.79 Å². The molecule has 6 nitrogen and oxygen atoms in total. The van der Waals surface area contributed by atoms with Gasteiger partial charge < -0.3 is 5.32 Å². The van der Waals surface area contributed by atoms with Crippen molar-refractivity contribution in [2.75, 3.05) is 5.43 Å². The van der Waals surface area contributed by atoms with Crippen molar-refractivity contribution in [2.45, 2.75) is 17.7 Å². The number of carbonyl (C=O) groups excluding carboxylic acids is 1. The number of carbonyl (C=O) groups is 1. The van der Waals surface area contributed by atoms with Crippen molar-refractivity contribution in [1.29, 1.82) is 0 Å². The average molecular weight is 294 g/mol. The van der Waals surface area contributed by atoms with Gasteiger partial charge in [0.15, 0.2) is 5.11 Å². The van der Waals surface area contributed by atoms with Gasteiger partial charge in [0.25, 0.3) is 0 Å². The first kappa shape index (κ1) is 12.5. The van der Waals surface area contributed by atoms with E-state index in [0.717, 1.165) is 0 Å². The molecule has 1 heterocycles. The van der Waals surface area contributed by atoms with E-state index in [2.05, 4.69) is 20.9 Å². The van der Waals surface area contributed by atoms with E-state index in [1.807, 2.05) is 0 Å². The molecule has 1 aliphatic carbocycles. The minimum Gasteiger partial charge on any atom is -0.301 e. The van der Waals surface area contributed by atoms with Crippen LogP contribution >= 0.6 is 35.4 Å². The van der Waals surface area contributed by atoms with Crippen LogP contribution in [0.1, 0.15) is 13.3 Å². The number of nitrogens with zero attached hydrogens (tertiary/aromatic N) is 3. The number of hydrogen-bond acceptors (Lipinski definition) is 4. The van der Waals surface area contributed by atoms with Gasteiger partial charge in [-0.25, -0.2) is 4.68 Å². The van der Waals surface area contributed by atoms with Crippen LogP contribution in [0.15, 0.2) is 12.7 Å². The zero-order chi connectivity index (χ0) is 12.7. The molecule has 9 heteroatoms. The molecule has 1 fully saturated rings. The van der Waals surface area contributed by atoms with E-state index in [1.165, 1.54) is 17.3 Å². The van der Waals surface area contributed by atoms with E-state index in [-0.39, 0.29) is 11.0 Å². The van der Waals surface area contributed by atoms with Gasteiger partial charge in [0.1, 0.15) is 17.0 Å². The van der Waals surface area contributed by atoms with Gasteiger partial charge in [-0.2, -0.15) is 0 Å². The molecule has 0 aliphatic heterocycles. The third-order valence-corrected chi connectivity index (χ3v) is 3.93. The average Bonchev–Trinajstić information content (AvgIpc) is 2.64. The van der Waals surface area contributed by atoms with Crippen molar-refractivity contribution in [3.8, 4) is 0 Å². The summed E-state index contributed by atoms with van der Waals surface area (Å²) in [5.74, 6) is -0.312. The fourth-order valence-corrected chi connectivity index (χ4v) is 2.20. The van der Waals surface area contributed by atoms with Gasteiger partial charge in [-0.05, 0) is 25.6 Å². The van der Waals surface area contributed by atoms with Crippen LogP contribution in [0.5, 0.6) is 0 Å². The number of thiocarbonyl (C=S) groups is 1. The highest BCUT2D eigenvalue weighted by atomic mass is 35.5. The molecule has 1 amide bonds. The summed E-state index contributed by atoms with van der Waals surface area (Å²) >= 11 is 16.7. The minimum absolute atomic E-state index is 0.132. The van der Waals surface area contributed by atoms with Crippen LogP contribution in [0.2, 0.25) is 0 Å². The Kier molecular flexibility index (Phi) is 3.01. The highest BCUT2D eigenvalue weighted by Gasteiger charge is 2.68. The lowest BCUT2D eigenvalue weighted by Crippen LogP contribution is -2.42. The molecule has 1 atom stereocenters. The topological polar surface area (TPSA) is 71.8 Å². The number of hydrogen-bond donors (Lipinski definition) is 2. The molecular formula is C8H9Cl2N5OS. The summed E-state index contributed by atoms with van der Waals surface area (Å²) in [5.41, 5.74) is 1.89. The largest absolute Gasteiger partial charge is 0.301 e. The Morgan fingerprint density at radius 3 is 2.47 bits per heavy atom. The number of alkyl halides is 2. The lowest BCUT2D eigenvalue weighted by atomic mass is 10.1. The monoisotopic (exact) mass is 293 g/mol. The number of halogens is 2. The molecule has 0 radical (unpaired) electrons. The SMILES string of the molecule is C[C@@]1(C(=O)NC(=S)Nn2cnnc2)CC1(Cl)Cl. The highest BCUT2D eigenvalue weighted by Crippen LogP contribution is 2.63. The quantitative estimate of drug-likeness (QED) is 0.624. The first-order chi connectivity index (χ1) is 7.85. The molecule has 1 aliphatic rings. The summed E-state index contributed by atoms with van der Waals surface area (Å²) in [4.78, 5) is 11.8. The standard InChI is InChI=1S/C8H9Cl2N5OS/c1-7(2-8(7,9)10)5(16)13-6(17)14-15-3-11-12-4-15/h3-4H,2H2,1H3,(H2,13,14,16,17)/t7-/m0/s1. The molecule has 1 aromatic heterocycles.